The number of carbonyl (C=O) groups excluding carboxylic acids is 1. The zero-order valence-electron chi connectivity index (χ0n) is 11.8. The van der Waals surface area contributed by atoms with Crippen molar-refractivity contribution in [1.82, 2.24) is 4.90 Å². The summed E-state index contributed by atoms with van der Waals surface area (Å²) in [5.74, 6) is 0.741. The Balaban J connectivity index is 1.55. The average molecular weight is 282 g/mol. The van der Waals surface area contributed by atoms with Crippen LogP contribution in [0.15, 0.2) is 59.2 Å². The maximum atomic E-state index is 12.1. The molecule has 1 fully saturated rings. The van der Waals surface area contributed by atoms with Gasteiger partial charge in [-0.05, 0) is 30.3 Å². The highest BCUT2D eigenvalue weighted by atomic mass is 16.3. The number of carbonyl (C=O) groups is 1. The number of rotatable bonds is 3. The van der Waals surface area contributed by atoms with E-state index in [1.165, 1.54) is 5.69 Å². The minimum Gasteiger partial charge on any atom is -0.465 e. The molecule has 1 saturated heterocycles. The van der Waals surface area contributed by atoms with E-state index in [1.807, 2.05) is 35.2 Å². The van der Waals surface area contributed by atoms with Gasteiger partial charge >= 0.3 is 0 Å². The van der Waals surface area contributed by atoms with Crippen LogP contribution in [0.4, 0.5) is 5.69 Å². The van der Waals surface area contributed by atoms with Crippen LogP contribution in [0.1, 0.15) is 5.76 Å². The molecule has 0 unspecified atom stereocenters. The van der Waals surface area contributed by atoms with E-state index in [1.54, 1.807) is 18.4 Å². The number of piperazine rings is 1. The van der Waals surface area contributed by atoms with E-state index in [4.69, 9.17) is 4.42 Å². The van der Waals surface area contributed by atoms with Gasteiger partial charge in [-0.1, -0.05) is 18.2 Å². The first kappa shape index (κ1) is 13.5. The SMILES string of the molecule is O=C(C=Cc1ccco1)N1CCN(c2ccccc2)CC1. The molecule has 0 atom stereocenters. The third kappa shape index (κ3) is 3.34. The summed E-state index contributed by atoms with van der Waals surface area (Å²) >= 11 is 0. The van der Waals surface area contributed by atoms with Crippen LogP contribution in [-0.4, -0.2) is 37.0 Å². The Kier molecular flexibility index (Phi) is 4.05. The van der Waals surface area contributed by atoms with Crippen molar-refractivity contribution in [2.45, 2.75) is 0 Å². The molecule has 4 heteroatoms. The Morgan fingerprint density at radius 1 is 1.00 bits per heavy atom. The summed E-state index contributed by atoms with van der Waals surface area (Å²) in [5, 5.41) is 0. The van der Waals surface area contributed by atoms with Gasteiger partial charge in [-0.2, -0.15) is 0 Å². The van der Waals surface area contributed by atoms with Crippen LogP contribution in [0.3, 0.4) is 0 Å². The van der Waals surface area contributed by atoms with E-state index in [0.29, 0.717) is 5.76 Å². The van der Waals surface area contributed by atoms with E-state index in [-0.39, 0.29) is 5.91 Å². The molecular formula is C17H18N2O2. The lowest BCUT2D eigenvalue weighted by atomic mass is 10.2. The summed E-state index contributed by atoms with van der Waals surface area (Å²) in [5.41, 5.74) is 1.22. The maximum Gasteiger partial charge on any atom is 0.246 e. The third-order valence-corrected chi connectivity index (χ3v) is 3.65. The fourth-order valence-corrected chi connectivity index (χ4v) is 2.47. The van der Waals surface area contributed by atoms with Crippen molar-refractivity contribution >= 4 is 17.7 Å². The Labute approximate surface area is 124 Å². The van der Waals surface area contributed by atoms with E-state index < -0.39 is 0 Å². The molecule has 0 saturated carbocycles. The standard InChI is InChI=1S/C17H18N2O2/c20-17(9-8-16-7-4-14-21-16)19-12-10-18(11-13-19)15-5-2-1-3-6-15/h1-9,14H,10-13H2. The molecule has 4 nitrogen and oxygen atoms in total. The van der Waals surface area contributed by atoms with Crippen LogP contribution < -0.4 is 4.90 Å². The van der Waals surface area contributed by atoms with Gasteiger partial charge in [0.25, 0.3) is 0 Å². The van der Waals surface area contributed by atoms with Gasteiger partial charge < -0.3 is 14.2 Å². The summed E-state index contributed by atoms with van der Waals surface area (Å²) < 4.78 is 5.18. The Bertz CT molecular complexity index is 597. The summed E-state index contributed by atoms with van der Waals surface area (Å²) in [6, 6.07) is 13.9. The van der Waals surface area contributed by atoms with Crippen molar-refractivity contribution in [3.05, 3.63) is 60.6 Å². The molecule has 2 heterocycles. The molecule has 0 radical (unpaired) electrons. The highest BCUT2D eigenvalue weighted by Gasteiger charge is 2.19. The lowest BCUT2D eigenvalue weighted by molar-refractivity contribution is -0.126. The number of benzene rings is 1. The molecular weight excluding hydrogens is 264 g/mol. The monoisotopic (exact) mass is 282 g/mol. The van der Waals surface area contributed by atoms with Crippen molar-refractivity contribution in [3.8, 4) is 0 Å². The molecule has 1 aromatic carbocycles. The first-order chi connectivity index (χ1) is 10.3. The first-order valence-electron chi connectivity index (χ1n) is 7.13. The molecule has 3 rings (SSSR count). The molecule has 1 aromatic heterocycles. The Hall–Kier alpha value is -2.49. The van der Waals surface area contributed by atoms with Crippen LogP contribution in [0, 0.1) is 0 Å². The number of para-hydroxylation sites is 1. The number of furan rings is 1. The highest BCUT2D eigenvalue weighted by molar-refractivity contribution is 5.91. The third-order valence-electron chi connectivity index (χ3n) is 3.65. The first-order valence-corrected chi connectivity index (χ1v) is 7.13. The Morgan fingerprint density at radius 3 is 2.43 bits per heavy atom. The summed E-state index contributed by atoms with van der Waals surface area (Å²) in [6.45, 7) is 3.22. The molecule has 0 spiro atoms. The van der Waals surface area contributed by atoms with E-state index in [0.717, 1.165) is 26.2 Å². The predicted octanol–water partition coefficient (Wildman–Crippen LogP) is 2.64. The van der Waals surface area contributed by atoms with Gasteiger partial charge in [0.15, 0.2) is 0 Å². The smallest absolute Gasteiger partial charge is 0.246 e. The molecule has 108 valence electrons. The molecule has 1 amide bonds. The number of nitrogens with zero attached hydrogens (tertiary/aromatic N) is 2. The molecule has 2 aromatic rings. The summed E-state index contributed by atoms with van der Waals surface area (Å²) in [4.78, 5) is 16.3. The van der Waals surface area contributed by atoms with E-state index in [9.17, 15) is 4.79 Å². The minimum atomic E-state index is 0.0408. The van der Waals surface area contributed by atoms with Gasteiger partial charge in [0.1, 0.15) is 5.76 Å². The van der Waals surface area contributed by atoms with Gasteiger partial charge in [-0.25, -0.2) is 0 Å². The second kappa shape index (κ2) is 6.31. The van der Waals surface area contributed by atoms with Crippen LogP contribution in [0.5, 0.6) is 0 Å². The zero-order valence-corrected chi connectivity index (χ0v) is 11.8. The quantitative estimate of drug-likeness (QED) is 0.812. The fraction of sp³-hybridized carbons (Fsp3) is 0.235. The maximum absolute atomic E-state index is 12.1. The lowest BCUT2D eigenvalue weighted by Crippen LogP contribution is -2.48. The van der Waals surface area contributed by atoms with Crippen LogP contribution in [0.25, 0.3) is 6.08 Å². The summed E-state index contributed by atoms with van der Waals surface area (Å²) in [6.07, 6.45) is 4.89. The van der Waals surface area contributed by atoms with Gasteiger partial charge in [-0.15, -0.1) is 0 Å². The minimum absolute atomic E-state index is 0.0408. The second-order valence-corrected chi connectivity index (χ2v) is 5.00. The highest BCUT2D eigenvalue weighted by Crippen LogP contribution is 2.15. The fourth-order valence-electron chi connectivity index (χ4n) is 2.47. The Morgan fingerprint density at radius 2 is 1.76 bits per heavy atom. The number of hydrogen-bond donors (Lipinski definition) is 0. The van der Waals surface area contributed by atoms with Crippen LogP contribution in [-0.2, 0) is 4.79 Å². The largest absolute Gasteiger partial charge is 0.465 e. The normalized spacial score (nSPS) is 15.6. The lowest BCUT2D eigenvalue weighted by Gasteiger charge is -2.35. The summed E-state index contributed by atoms with van der Waals surface area (Å²) in [7, 11) is 0. The van der Waals surface area contributed by atoms with Crippen molar-refractivity contribution in [2.75, 3.05) is 31.1 Å². The van der Waals surface area contributed by atoms with Crippen molar-refractivity contribution < 1.29 is 9.21 Å². The van der Waals surface area contributed by atoms with Crippen molar-refractivity contribution in [3.63, 3.8) is 0 Å². The topological polar surface area (TPSA) is 36.7 Å². The molecule has 0 bridgehead atoms. The van der Waals surface area contributed by atoms with Gasteiger partial charge in [-0.3, -0.25) is 4.79 Å². The zero-order chi connectivity index (χ0) is 14.5. The second-order valence-electron chi connectivity index (χ2n) is 5.00. The number of hydrogen-bond acceptors (Lipinski definition) is 3. The number of amides is 1. The van der Waals surface area contributed by atoms with Crippen LogP contribution >= 0.6 is 0 Å². The average Bonchev–Trinajstić information content (AvgIpc) is 3.07. The van der Waals surface area contributed by atoms with Gasteiger partial charge in [0.05, 0.1) is 6.26 Å². The molecule has 0 N–H and O–H groups in total. The van der Waals surface area contributed by atoms with E-state index >= 15 is 0 Å². The molecule has 1 aliphatic heterocycles. The van der Waals surface area contributed by atoms with Gasteiger partial charge in [0, 0.05) is 37.9 Å². The molecule has 0 aliphatic carbocycles. The van der Waals surface area contributed by atoms with E-state index in [2.05, 4.69) is 17.0 Å². The predicted molar refractivity (Wildman–Crippen MR) is 83.0 cm³/mol. The van der Waals surface area contributed by atoms with Crippen molar-refractivity contribution in [1.29, 1.82) is 0 Å². The van der Waals surface area contributed by atoms with Crippen molar-refractivity contribution in [2.24, 2.45) is 0 Å². The number of anilines is 1. The van der Waals surface area contributed by atoms with Crippen LogP contribution in [0.2, 0.25) is 0 Å². The van der Waals surface area contributed by atoms with Gasteiger partial charge in [0.2, 0.25) is 5.91 Å². The molecule has 1 aliphatic rings. The molecule has 21 heavy (non-hydrogen) atoms.